The molecule has 1 rings (SSSR count). The minimum Gasteiger partial charge on any atom is -0.430 e. The zero-order chi connectivity index (χ0) is 13.8. The van der Waals surface area contributed by atoms with Gasteiger partial charge in [-0.15, -0.1) is 0 Å². The van der Waals surface area contributed by atoms with Crippen LogP contribution in [0.25, 0.3) is 0 Å². The summed E-state index contributed by atoms with van der Waals surface area (Å²) < 4.78 is 43.4. The third-order valence-electron chi connectivity index (χ3n) is 2.86. The lowest BCUT2D eigenvalue weighted by atomic mass is 9.75. The van der Waals surface area contributed by atoms with Gasteiger partial charge in [-0.25, -0.2) is 4.79 Å². The number of carbonyl (C=O) groups is 1. The van der Waals surface area contributed by atoms with Gasteiger partial charge in [-0.2, -0.15) is 13.2 Å². The third-order valence-corrected chi connectivity index (χ3v) is 2.86. The fourth-order valence-corrected chi connectivity index (χ4v) is 1.51. The van der Waals surface area contributed by atoms with E-state index in [2.05, 4.69) is 9.47 Å². The van der Waals surface area contributed by atoms with Gasteiger partial charge in [-0.05, 0) is 37.8 Å². The Bertz CT molecular complexity index is 332. The summed E-state index contributed by atoms with van der Waals surface area (Å²) in [6, 6.07) is 0. The van der Waals surface area contributed by atoms with Crippen molar-refractivity contribution in [1.82, 2.24) is 0 Å². The van der Waals surface area contributed by atoms with Gasteiger partial charge in [-0.3, -0.25) is 0 Å². The van der Waals surface area contributed by atoms with Crippen LogP contribution in [0.15, 0.2) is 11.6 Å². The van der Waals surface area contributed by atoms with Crippen molar-refractivity contribution in [2.24, 2.45) is 0 Å². The molecule has 1 aliphatic rings. The monoisotopic (exact) mass is 268 g/mol. The summed E-state index contributed by atoms with van der Waals surface area (Å²) in [6.45, 7) is -0.202. The van der Waals surface area contributed by atoms with E-state index in [4.69, 9.17) is 0 Å². The Kier molecular flexibility index (Phi) is 4.61. The SMILES string of the molecule is C/C(=C/COC(=O)OCC(F)(F)F)C1(O)CCC1. The Balaban J connectivity index is 2.24. The summed E-state index contributed by atoms with van der Waals surface area (Å²) in [4.78, 5) is 10.8. The molecule has 18 heavy (non-hydrogen) atoms. The second kappa shape index (κ2) is 5.60. The highest BCUT2D eigenvalue weighted by Crippen LogP contribution is 2.37. The number of carbonyl (C=O) groups excluding carboxylic acids is 1. The molecule has 0 unspecified atom stereocenters. The number of rotatable bonds is 4. The fourth-order valence-electron chi connectivity index (χ4n) is 1.51. The number of ether oxygens (including phenoxy) is 2. The van der Waals surface area contributed by atoms with Crippen LogP contribution in [-0.2, 0) is 9.47 Å². The van der Waals surface area contributed by atoms with Gasteiger partial charge in [-0.1, -0.05) is 0 Å². The fraction of sp³-hybridized carbons (Fsp3) is 0.727. The van der Waals surface area contributed by atoms with Crippen molar-refractivity contribution >= 4 is 6.16 Å². The average Bonchev–Trinajstić information content (AvgIpc) is 2.22. The maximum atomic E-state index is 11.7. The molecular weight excluding hydrogens is 253 g/mol. The van der Waals surface area contributed by atoms with E-state index in [1.54, 1.807) is 6.92 Å². The number of aliphatic hydroxyl groups is 1. The molecule has 1 saturated carbocycles. The normalized spacial score (nSPS) is 19.1. The smallest absolute Gasteiger partial charge is 0.430 e. The summed E-state index contributed by atoms with van der Waals surface area (Å²) in [5.74, 6) is 0. The predicted octanol–water partition coefficient (Wildman–Crippen LogP) is 2.56. The number of halogens is 3. The van der Waals surface area contributed by atoms with Crippen molar-refractivity contribution in [1.29, 1.82) is 0 Å². The summed E-state index contributed by atoms with van der Waals surface area (Å²) in [5, 5.41) is 9.87. The van der Waals surface area contributed by atoms with Crippen LogP contribution in [0.4, 0.5) is 18.0 Å². The number of hydrogen-bond acceptors (Lipinski definition) is 4. The molecule has 1 fully saturated rings. The van der Waals surface area contributed by atoms with Crippen molar-refractivity contribution < 1.29 is 32.5 Å². The first-order valence-electron chi connectivity index (χ1n) is 5.49. The topological polar surface area (TPSA) is 55.8 Å². The first-order valence-corrected chi connectivity index (χ1v) is 5.49. The number of alkyl halides is 3. The van der Waals surface area contributed by atoms with Gasteiger partial charge in [0.25, 0.3) is 0 Å². The Hall–Kier alpha value is -1.24. The first kappa shape index (κ1) is 14.8. The molecule has 0 saturated heterocycles. The maximum Gasteiger partial charge on any atom is 0.508 e. The van der Waals surface area contributed by atoms with Gasteiger partial charge in [0.2, 0.25) is 0 Å². The minimum absolute atomic E-state index is 0.217. The highest BCUT2D eigenvalue weighted by molar-refractivity contribution is 5.60. The molecule has 0 amide bonds. The van der Waals surface area contributed by atoms with Crippen LogP contribution in [0.1, 0.15) is 26.2 Å². The molecule has 4 nitrogen and oxygen atoms in total. The van der Waals surface area contributed by atoms with Crippen molar-refractivity contribution in [3.63, 3.8) is 0 Å². The van der Waals surface area contributed by atoms with E-state index in [1.165, 1.54) is 6.08 Å². The zero-order valence-electron chi connectivity index (χ0n) is 9.92. The molecule has 0 heterocycles. The molecule has 0 bridgehead atoms. The standard InChI is InChI=1S/C11H15F3O4/c1-8(10(16)4-2-5-10)3-6-17-9(15)18-7-11(12,13)14/h3,16H,2,4-7H2,1H3/b8-3-. The van der Waals surface area contributed by atoms with Crippen LogP contribution in [0.3, 0.4) is 0 Å². The summed E-state index contributed by atoms with van der Waals surface area (Å²) >= 11 is 0. The molecule has 1 N–H and O–H groups in total. The van der Waals surface area contributed by atoms with Gasteiger partial charge in [0, 0.05) is 0 Å². The number of hydrogen-bond donors (Lipinski definition) is 1. The van der Waals surface area contributed by atoms with E-state index < -0.39 is 24.5 Å². The van der Waals surface area contributed by atoms with E-state index in [9.17, 15) is 23.1 Å². The van der Waals surface area contributed by atoms with Crippen molar-refractivity contribution in [3.05, 3.63) is 11.6 Å². The van der Waals surface area contributed by atoms with Crippen LogP contribution < -0.4 is 0 Å². The Labute approximate surface area is 102 Å². The summed E-state index contributed by atoms with van der Waals surface area (Å²) in [7, 11) is 0. The molecule has 1 aliphatic carbocycles. The van der Waals surface area contributed by atoms with Crippen LogP contribution in [-0.4, -0.2) is 36.3 Å². The molecule has 0 atom stereocenters. The van der Waals surface area contributed by atoms with E-state index in [-0.39, 0.29) is 6.61 Å². The Morgan fingerprint density at radius 3 is 2.44 bits per heavy atom. The van der Waals surface area contributed by atoms with E-state index in [0.717, 1.165) is 6.42 Å². The van der Waals surface area contributed by atoms with Crippen LogP contribution >= 0.6 is 0 Å². The lowest BCUT2D eigenvalue weighted by Gasteiger charge is -2.37. The van der Waals surface area contributed by atoms with Gasteiger partial charge in [0.1, 0.15) is 6.61 Å². The lowest BCUT2D eigenvalue weighted by molar-refractivity contribution is -0.165. The molecule has 0 aliphatic heterocycles. The summed E-state index contributed by atoms with van der Waals surface area (Å²) in [6.07, 6.45) is -2.26. The highest BCUT2D eigenvalue weighted by Gasteiger charge is 2.35. The van der Waals surface area contributed by atoms with E-state index >= 15 is 0 Å². The van der Waals surface area contributed by atoms with Crippen LogP contribution in [0.5, 0.6) is 0 Å². The summed E-state index contributed by atoms with van der Waals surface area (Å²) in [5.41, 5.74) is -0.198. The second-order valence-corrected chi connectivity index (χ2v) is 4.24. The quantitative estimate of drug-likeness (QED) is 0.629. The average molecular weight is 268 g/mol. The van der Waals surface area contributed by atoms with Gasteiger partial charge < -0.3 is 14.6 Å². The van der Waals surface area contributed by atoms with Crippen molar-refractivity contribution in [2.45, 2.75) is 38.0 Å². The highest BCUT2D eigenvalue weighted by atomic mass is 19.4. The van der Waals surface area contributed by atoms with Crippen LogP contribution in [0.2, 0.25) is 0 Å². The van der Waals surface area contributed by atoms with E-state index in [0.29, 0.717) is 18.4 Å². The molecular formula is C11H15F3O4. The van der Waals surface area contributed by atoms with E-state index in [1.807, 2.05) is 0 Å². The molecule has 0 aromatic carbocycles. The lowest BCUT2D eigenvalue weighted by Crippen LogP contribution is -2.38. The molecule has 104 valence electrons. The molecule has 0 radical (unpaired) electrons. The maximum absolute atomic E-state index is 11.7. The molecule has 0 aromatic rings. The van der Waals surface area contributed by atoms with Crippen LogP contribution in [0, 0.1) is 0 Å². The predicted molar refractivity (Wildman–Crippen MR) is 55.9 cm³/mol. The zero-order valence-corrected chi connectivity index (χ0v) is 9.92. The first-order chi connectivity index (χ1) is 8.23. The second-order valence-electron chi connectivity index (χ2n) is 4.24. The van der Waals surface area contributed by atoms with Crippen molar-refractivity contribution in [2.75, 3.05) is 13.2 Å². The van der Waals surface area contributed by atoms with Crippen molar-refractivity contribution in [3.8, 4) is 0 Å². The third kappa shape index (κ3) is 4.56. The Morgan fingerprint density at radius 1 is 1.39 bits per heavy atom. The molecule has 7 heteroatoms. The minimum atomic E-state index is -4.56. The van der Waals surface area contributed by atoms with Gasteiger partial charge in [0.15, 0.2) is 6.61 Å². The molecule has 0 spiro atoms. The van der Waals surface area contributed by atoms with Gasteiger partial charge in [0.05, 0.1) is 5.60 Å². The Morgan fingerprint density at radius 2 is 2.00 bits per heavy atom. The molecule has 0 aromatic heterocycles. The largest absolute Gasteiger partial charge is 0.508 e. The van der Waals surface area contributed by atoms with Gasteiger partial charge >= 0.3 is 12.3 Å².